The molecule has 0 atom stereocenters. The standard InChI is InChI=1S/C25H31N5O/c1-31-23-9-7-20(8-10-23)11-14-26-24-17-25(28-19-27-24)29-22-12-15-30(16-13-22)18-21-5-3-2-4-6-21/h2-10,17,19,22H,11-16,18H2,1H3,(H2,26,27,28,29). The van der Waals surface area contributed by atoms with E-state index in [-0.39, 0.29) is 0 Å². The molecule has 0 unspecified atom stereocenters. The summed E-state index contributed by atoms with van der Waals surface area (Å²) in [6, 6.07) is 21.3. The van der Waals surface area contributed by atoms with Crippen molar-refractivity contribution in [3.63, 3.8) is 0 Å². The highest BCUT2D eigenvalue weighted by atomic mass is 16.5. The van der Waals surface area contributed by atoms with Crippen LogP contribution in [0.1, 0.15) is 24.0 Å². The number of nitrogens with zero attached hydrogens (tertiary/aromatic N) is 3. The predicted molar refractivity (Wildman–Crippen MR) is 126 cm³/mol. The molecule has 1 saturated heterocycles. The number of rotatable bonds is 9. The maximum absolute atomic E-state index is 5.21. The van der Waals surface area contributed by atoms with Crippen molar-refractivity contribution in [3.05, 3.63) is 78.1 Å². The Labute approximate surface area is 184 Å². The van der Waals surface area contributed by atoms with Gasteiger partial charge in [-0.15, -0.1) is 0 Å². The molecular formula is C25H31N5O. The molecule has 0 aliphatic carbocycles. The molecule has 0 saturated carbocycles. The van der Waals surface area contributed by atoms with Gasteiger partial charge in [-0.05, 0) is 42.5 Å². The van der Waals surface area contributed by atoms with Crippen molar-refractivity contribution >= 4 is 11.6 Å². The number of hydrogen-bond donors (Lipinski definition) is 2. The van der Waals surface area contributed by atoms with Gasteiger partial charge in [-0.3, -0.25) is 4.90 Å². The van der Waals surface area contributed by atoms with Gasteiger partial charge in [0, 0.05) is 38.3 Å². The Kier molecular flexibility index (Phi) is 7.34. The van der Waals surface area contributed by atoms with Gasteiger partial charge in [-0.2, -0.15) is 0 Å². The van der Waals surface area contributed by atoms with Gasteiger partial charge in [0.15, 0.2) is 0 Å². The van der Waals surface area contributed by atoms with E-state index in [1.54, 1.807) is 13.4 Å². The van der Waals surface area contributed by atoms with Crippen molar-refractivity contribution in [2.45, 2.75) is 31.8 Å². The Hall–Kier alpha value is -3.12. The maximum Gasteiger partial charge on any atom is 0.131 e. The van der Waals surface area contributed by atoms with Crippen molar-refractivity contribution in [1.82, 2.24) is 14.9 Å². The van der Waals surface area contributed by atoms with Crippen molar-refractivity contribution in [1.29, 1.82) is 0 Å². The molecule has 31 heavy (non-hydrogen) atoms. The first-order valence-corrected chi connectivity index (χ1v) is 11.0. The summed E-state index contributed by atoms with van der Waals surface area (Å²) < 4.78 is 5.21. The summed E-state index contributed by atoms with van der Waals surface area (Å²) in [5.74, 6) is 2.63. The highest BCUT2D eigenvalue weighted by Crippen LogP contribution is 2.18. The highest BCUT2D eigenvalue weighted by Gasteiger charge is 2.19. The zero-order chi connectivity index (χ0) is 21.3. The van der Waals surface area contributed by atoms with E-state index in [2.05, 4.69) is 68.0 Å². The first kappa shape index (κ1) is 21.1. The van der Waals surface area contributed by atoms with E-state index in [1.165, 1.54) is 11.1 Å². The van der Waals surface area contributed by atoms with Gasteiger partial charge in [0.25, 0.3) is 0 Å². The first-order valence-electron chi connectivity index (χ1n) is 11.0. The van der Waals surface area contributed by atoms with Crippen LogP contribution in [0, 0.1) is 0 Å². The van der Waals surface area contributed by atoms with E-state index in [0.29, 0.717) is 6.04 Å². The summed E-state index contributed by atoms with van der Waals surface area (Å²) in [6.07, 6.45) is 4.80. The molecule has 3 aromatic rings. The lowest BCUT2D eigenvalue weighted by molar-refractivity contribution is 0.211. The average molecular weight is 418 g/mol. The Morgan fingerprint density at radius 3 is 2.42 bits per heavy atom. The Morgan fingerprint density at radius 1 is 0.935 bits per heavy atom. The molecule has 2 aromatic carbocycles. The largest absolute Gasteiger partial charge is 0.497 e. The monoisotopic (exact) mass is 417 g/mol. The lowest BCUT2D eigenvalue weighted by Gasteiger charge is -2.32. The van der Waals surface area contributed by atoms with E-state index in [9.17, 15) is 0 Å². The summed E-state index contributed by atoms with van der Waals surface area (Å²) in [5, 5.41) is 7.00. The molecule has 1 fully saturated rings. The van der Waals surface area contributed by atoms with Crippen LogP contribution in [0.25, 0.3) is 0 Å². The molecule has 6 heteroatoms. The molecule has 4 rings (SSSR count). The predicted octanol–water partition coefficient (Wildman–Crippen LogP) is 4.22. The number of nitrogens with one attached hydrogen (secondary N) is 2. The summed E-state index contributed by atoms with van der Waals surface area (Å²) in [4.78, 5) is 11.3. The summed E-state index contributed by atoms with van der Waals surface area (Å²) in [5.41, 5.74) is 2.65. The smallest absolute Gasteiger partial charge is 0.131 e. The third-order valence-corrected chi connectivity index (χ3v) is 5.73. The number of methoxy groups -OCH3 is 1. The fourth-order valence-electron chi connectivity index (χ4n) is 3.95. The van der Waals surface area contributed by atoms with Gasteiger partial charge < -0.3 is 15.4 Å². The SMILES string of the molecule is COc1ccc(CCNc2cc(NC3CCN(Cc4ccccc4)CC3)ncn2)cc1. The van der Waals surface area contributed by atoms with E-state index >= 15 is 0 Å². The van der Waals surface area contributed by atoms with Crippen LogP contribution < -0.4 is 15.4 Å². The van der Waals surface area contributed by atoms with Crippen LogP contribution in [0.3, 0.4) is 0 Å². The second kappa shape index (κ2) is 10.8. The molecule has 1 aliphatic rings. The number of anilines is 2. The number of ether oxygens (including phenoxy) is 1. The number of hydrogen-bond acceptors (Lipinski definition) is 6. The number of piperidine rings is 1. The molecule has 0 amide bonds. The highest BCUT2D eigenvalue weighted by molar-refractivity contribution is 5.47. The lowest BCUT2D eigenvalue weighted by atomic mass is 10.0. The summed E-state index contributed by atoms with van der Waals surface area (Å²) >= 11 is 0. The van der Waals surface area contributed by atoms with Crippen molar-refractivity contribution in [2.24, 2.45) is 0 Å². The van der Waals surface area contributed by atoms with Crippen LogP contribution in [-0.4, -0.2) is 47.7 Å². The van der Waals surface area contributed by atoms with E-state index < -0.39 is 0 Å². The number of aromatic nitrogens is 2. The number of likely N-dealkylation sites (tertiary alicyclic amines) is 1. The molecule has 0 radical (unpaired) electrons. The van der Waals surface area contributed by atoms with Gasteiger partial charge >= 0.3 is 0 Å². The van der Waals surface area contributed by atoms with Crippen LogP contribution >= 0.6 is 0 Å². The molecule has 162 valence electrons. The van der Waals surface area contributed by atoms with Gasteiger partial charge in [0.05, 0.1) is 7.11 Å². The molecular weight excluding hydrogens is 386 g/mol. The van der Waals surface area contributed by atoms with Crippen LogP contribution in [0.2, 0.25) is 0 Å². The fourth-order valence-corrected chi connectivity index (χ4v) is 3.95. The zero-order valence-electron chi connectivity index (χ0n) is 18.1. The fraction of sp³-hybridized carbons (Fsp3) is 0.360. The first-order chi connectivity index (χ1) is 15.3. The Morgan fingerprint density at radius 2 is 1.68 bits per heavy atom. The van der Waals surface area contributed by atoms with Crippen molar-refractivity contribution < 1.29 is 4.74 Å². The van der Waals surface area contributed by atoms with Crippen molar-refractivity contribution in [2.75, 3.05) is 37.4 Å². The van der Waals surface area contributed by atoms with E-state index in [4.69, 9.17) is 4.74 Å². The summed E-state index contributed by atoms with van der Waals surface area (Å²) in [6.45, 7) is 4.05. The third-order valence-electron chi connectivity index (χ3n) is 5.73. The van der Waals surface area contributed by atoms with Gasteiger partial charge in [-0.1, -0.05) is 42.5 Å². The van der Waals surface area contributed by atoms with Gasteiger partial charge in [-0.25, -0.2) is 9.97 Å². The van der Waals surface area contributed by atoms with Crippen LogP contribution in [0.5, 0.6) is 5.75 Å². The zero-order valence-corrected chi connectivity index (χ0v) is 18.1. The third kappa shape index (κ3) is 6.43. The molecule has 0 spiro atoms. The molecule has 1 aromatic heterocycles. The normalized spacial score (nSPS) is 14.9. The topological polar surface area (TPSA) is 62.3 Å². The van der Waals surface area contributed by atoms with Gasteiger partial charge in [0.2, 0.25) is 0 Å². The van der Waals surface area contributed by atoms with Crippen LogP contribution in [0.15, 0.2) is 67.0 Å². The molecule has 2 heterocycles. The summed E-state index contributed by atoms with van der Waals surface area (Å²) in [7, 11) is 1.69. The minimum atomic E-state index is 0.453. The van der Waals surface area contributed by atoms with E-state index in [0.717, 1.165) is 62.8 Å². The van der Waals surface area contributed by atoms with Crippen LogP contribution in [-0.2, 0) is 13.0 Å². The maximum atomic E-state index is 5.21. The Balaban J connectivity index is 1.21. The number of benzene rings is 2. The second-order valence-corrected chi connectivity index (χ2v) is 7.99. The van der Waals surface area contributed by atoms with Gasteiger partial charge in [0.1, 0.15) is 23.7 Å². The molecule has 6 nitrogen and oxygen atoms in total. The average Bonchev–Trinajstić information content (AvgIpc) is 2.82. The van der Waals surface area contributed by atoms with E-state index in [1.807, 2.05) is 18.2 Å². The molecule has 1 aliphatic heterocycles. The second-order valence-electron chi connectivity index (χ2n) is 7.99. The minimum absolute atomic E-state index is 0.453. The Bertz CT molecular complexity index is 924. The molecule has 0 bridgehead atoms. The molecule has 2 N–H and O–H groups in total. The minimum Gasteiger partial charge on any atom is -0.497 e. The van der Waals surface area contributed by atoms with Crippen LogP contribution in [0.4, 0.5) is 11.6 Å². The van der Waals surface area contributed by atoms with Crippen molar-refractivity contribution in [3.8, 4) is 5.75 Å². The lowest BCUT2D eigenvalue weighted by Crippen LogP contribution is -2.38. The quantitative estimate of drug-likeness (QED) is 0.544.